The zero-order chi connectivity index (χ0) is 21.6. The predicted octanol–water partition coefficient (Wildman–Crippen LogP) is 5.05. The zero-order valence-corrected chi connectivity index (χ0v) is 16.4. The number of ether oxygens (including phenoxy) is 4. The maximum atomic E-state index is 13.1. The molecule has 156 valence electrons. The van der Waals surface area contributed by atoms with Gasteiger partial charge in [0.2, 0.25) is 5.75 Å². The lowest BCUT2D eigenvalue weighted by atomic mass is 10.0. The molecule has 0 aliphatic rings. The standard InChI is InChI=1S/C21H21F3O5/c1-13(15-7-5-6-8-16(15)21(22,23)24)29-19(25)10-9-14-11-17(26-2)20(28-4)18(12-14)27-3/h5-13H,1-4H3/b10-9+/t13-/m0/s1. The van der Waals surface area contributed by atoms with Gasteiger partial charge in [-0.2, -0.15) is 13.2 Å². The molecule has 1 atom stereocenters. The highest BCUT2D eigenvalue weighted by Gasteiger charge is 2.34. The van der Waals surface area contributed by atoms with E-state index in [1.165, 1.54) is 52.5 Å². The molecule has 0 aliphatic heterocycles. The van der Waals surface area contributed by atoms with Crippen molar-refractivity contribution in [1.82, 2.24) is 0 Å². The number of alkyl halides is 3. The molecule has 0 radical (unpaired) electrons. The van der Waals surface area contributed by atoms with Gasteiger partial charge in [0.25, 0.3) is 0 Å². The summed E-state index contributed by atoms with van der Waals surface area (Å²) < 4.78 is 60.2. The minimum Gasteiger partial charge on any atom is -0.493 e. The molecule has 0 fully saturated rings. The molecule has 0 spiro atoms. The summed E-state index contributed by atoms with van der Waals surface area (Å²) in [6.07, 6.45) is -3.06. The Bertz CT molecular complexity index is 865. The molecule has 0 N–H and O–H groups in total. The van der Waals surface area contributed by atoms with Crippen LogP contribution in [0.5, 0.6) is 17.2 Å². The Morgan fingerprint density at radius 1 is 1.00 bits per heavy atom. The van der Waals surface area contributed by atoms with Gasteiger partial charge in [0.1, 0.15) is 6.10 Å². The summed E-state index contributed by atoms with van der Waals surface area (Å²) in [4.78, 5) is 12.1. The third kappa shape index (κ3) is 5.43. The lowest BCUT2D eigenvalue weighted by Gasteiger charge is -2.18. The minimum atomic E-state index is -4.54. The molecule has 0 unspecified atom stereocenters. The van der Waals surface area contributed by atoms with E-state index in [4.69, 9.17) is 18.9 Å². The summed E-state index contributed by atoms with van der Waals surface area (Å²) >= 11 is 0. The first-order valence-electron chi connectivity index (χ1n) is 8.56. The fourth-order valence-corrected chi connectivity index (χ4v) is 2.75. The van der Waals surface area contributed by atoms with Gasteiger partial charge < -0.3 is 18.9 Å². The second-order valence-electron chi connectivity index (χ2n) is 5.96. The molecule has 29 heavy (non-hydrogen) atoms. The topological polar surface area (TPSA) is 54.0 Å². The highest BCUT2D eigenvalue weighted by Crippen LogP contribution is 2.38. The van der Waals surface area contributed by atoms with Crippen LogP contribution in [-0.2, 0) is 15.7 Å². The van der Waals surface area contributed by atoms with Crippen LogP contribution in [0.2, 0.25) is 0 Å². The summed E-state index contributed by atoms with van der Waals surface area (Å²) in [6, 6.07) is 8.21. The number of methoxy groups -OCH3 is 3. The third-order valence-electron chi connectivity index (χ3n) is 4.10. The molecule has 8 heteroatoms. The molecule has 0 amide bonds. The van der Waals surface area contributed by atoms with Crippen LogP contribution in [0.3, 0.4) is 0 Å². The van der Waals surface area contributed by atoms with E-state index < -0.39 is 23.8 Å². The van der Waals surface area contributed by atoms with Crippen molar-refractivity contribution in [2.75, 3.05) is 21.3 Å². The first-order valence-corrected chi connectivity index (χ1v) is 8.56. The second-order valence-corrected chi connectivity index (χ2v) is 5.96. The van der Waals surface area contributed by atoms with Crippen molar-refractivity contribution in [2.45, 2.75) is 19.2 Å². The summed E-state index contributed by atoms with van der Waals surface area (Å²) in [6.45, 7) is 1.38. The molecule has 2 rings (SSSR count). The van der Waals surface area contributed by atoms with Crippen LogP contribution >= 0.6 is 0 Å². The molecule has 2 aromatic rings. The first kappa shape index (κ1) is 22.1. The number of carbonyl (C=O) groups is 1. The number of benzene rings is 2. The maximum Gasteiger partial charge on any atom is 0.416 e. The van der Waals surface area contributed by atoms with Gasteiger partial charge in [0, 0.05) is 11.6 Å². The van der Waals surface area contributed by atoms with Crippen LogP contribution < -0.4 is 14.2 Å². The Balaban J connectivity index is 2.19. The molecule has 0 saturated carbocycles. The fourth-order valence-electron chi connectivity index (χ4n) is 2.75. The van der Waals surface area contributed by atoms with Crippen LogP contribution in [0.4, 0.5) is 13.2 Å². The summed E-state index contributed by atoms with van der Waals surface area (Å²) in [5.74, 6) is 0.398. The number of halogens is 3. The Morgan fingerprint density at radius 2 is 1.59 bits per heavy atom. The first-order chi connectivity index (χ1) is 13.7. The second kappa shape index (κ2) is 9.36. The number of rotatable bonds is 7. The van der Waals surface area contributed by atoms with Gasteiger partial charge in [-0.3, -0.25) is 0 Å². The van der Waals surface area contributed by atoms with E-state index in [1.54, 1.807) is 12.1 Å². The van der Waals surface area contributed by atoms with Gasteiger partial charge in [-0.05, 0) is 36.8 Å². The van der Waals surface area contributed by atoms with Crippen molar-refractivity contribution >= 4 is 12.0 Å². The summed E-state index contributed by atoms with van der Waals surface area (Å²) in [7, 11) is 4.38. The number of esters is 1. The molecular formula is C21H21F3O5. The van der Waals surface area contributed by atoms with Crippen LogP contribution in [0, 0.1) is 0 Å². The van der Waals surface area contributed by atoms with Crippen LogP contribution in [-0.4, -0.2) is 27.3 Å². The monoisotopic (exact) mass is 410 g/mol. The lowest BCUT2D eigenvalue weighted by Crippen LogP contribution is -2.14. The van der Waals surface area contributed by atoms with Crippen molar-refractivity contribution in [2.24, 2.45) is 0 Å². The van der Waals surface area contributed by atoms with Crippen molar-refractivity contribution in [3.8, 4) is 17.2 Å². The van der Waals surface area contributed by atoms with Crippen LogP contribution in [0.1, 0.15) is 29.7 Å². The smallest absolute Gasteiger partial charge is 0.416 e. The number of carbonyl (C=O) groups excluding carboxylic acids is 1. The van der Waals surface area contributed by atoms with Crippen LogP contribution in [0.25, 0.3) is 6.08 Å². The van der Waals surface area contributed by atoms with Crippen molar-refractivity contribution in [3.05, 3.63) is 59.2 Å². The Labute approximate surface area is 166 Å². The van der Waals surface area contributed by atoms with Gasteiger partial charge in [-0.15, -0.1) is 0 Å². The Hall–Kier alpha value is -3.16. The molecule has 0 saturated heterocycles. The molecule has 0 aliphatic carbocycles. The minimum absolute atomic E-state index is 0.116. The molecule has 0 aromatic heterocycles. The number of hydrogen-bond acceptors (Lipinski definition) is 5. The average Bonchev–Trinajstić information content (AvgIpc) is 2.70. The average molecular weight is 410 g/mol. The zero-order valence-electron chi connectivity index (χ0n) is 16.4. The highest BCUT2D eigenvalue weighted by atomic mass is 19.4. The molecule has 2 aromatic carbocycles. The molecule has 5 nitrogen and oxygen atoms in total. The Morgan fingerprint density at radius 3 is 2.10 bits per heavy atom. The van der Waals surface area contributed by atoms with Gasteiger partial charge in [-0.25, -0.2) is 4.79 Å². The van der Waals surface area contributed by atoms with Gasteiger partial charge in [-0.1, -0.05) is 18.2 Å². The molecular weight excluding hydrogens is 389 g/mol. The largest absolute Gasteiger partial charge is 0.493 e. The van der Waals surface area contributed by atoms with Gasteiger partial charge >= 0.3 is 12.1 Å². The van der Waals surface area contributed by atoms with E-state index in [2.05, 4.69) is 0 Å². The van der Waals surface area contributed by atoms with E-state index in [1.807, 2.05) is 0 Å². The Kier molecular flexibility index (Phi) is 7.14. The van der Waals surface area contributed by atoms with E-state index in [9.17, 15) is 18.0 Å². The van der Waals surface area contributed by atoms with Gasteiger partial charge in [0.05, 0.1) is 26.9 Å². The molecule has 0 bridgehead atoms. The quantitative estimate of drug-likeness (QED) is 0.472. The van der Waals surface area contributed by atoms with E-state index in [-0.39, 0.29) is 5.56 Å². The van der Waals surface area contributed by atoms with Crippen molar-refractivity contribution in [1.29, 1.82) is 0 Å². The van der Waals surface area contributed by atoms with Gasteiger partial charge in [0.15, 0.2) is 11.5 Å². The SMILES string of the molecule is COc1cc(/C=C/C(=O)O[C@@H](C)c2ccccc2C(F)(F)F)cc(OC)c1OC. The van der Waals surface area contributed by atoms with E-state index >= 15 is 0 Å². The molecule has 0 heterocycles. The van der Waals surface area contributed by atoms with Crippen LogP contribution in [0.15, 0.2) is 42.5 Å². The van der Waals surface area contributed by atoms with Crippen molar-refractivity contribution < 1.29 is 36.9 Å². The summed E-state index contributed by atoms with van der Waals surface area (Å²) in [5.41, 5.74) is -0.400. The normalized spacial score (nSPS) is 12.5. The number of hydrogen-bond donors (Lipinski definition) is 0. The lowest BCUT2D eigenvalue weighted by molar-refractivity contribution is -0.146. The third-order valence-corrected chi connectivity index (χ3v) is 4.10. The maximum absolute atomic E-state index is 13.1. The summed E-state index contributed by atoms with van der Waals surface area (Å²) in [5, 5.41) is 0. The fraction of sp³-hybridized carbons (Fsp3) is 0.286. The predicted molar refractivity (Wildman–Crippen MR) is 101 cm³/mol. The van der Waals surface area contributed by atoms with Crippen molar-refractivity contribution in [3.63, 3.8) is 0 Å². The van der Waals surface area contributed by atoms with E-state index in [0.717, 1.165) is 12.1 Å². The highest BCUT2D eigenvalue weighted by molar-refractivity contribution is 5.87. The van der Waals surface area contributed by atoms with E-state index in [0.29, 0.717) is 22.8 Å².